The van der Waals surface area contributed by atoms with E-state index < -0.39 is 23.6 Å². The Morgan fingerprint density at radius 2 is 1.63 bits per heavy atom. The number of aliphatic carboxylic acids is 1. The molecule has 1 aliphatic rings. The van der Waals surface area contributed by atoms with E-state index in [2.05, 4.69) is 11.9 Å². The maximum Gasteiger partial charge on any atom is 0.309 e. The lowest BCUT2D eigenvalue weighted by molar-refractivity contribution is -0.146. The van der Waals surface area contributed by atoms with Crippen LogP contribution in [0.15, 0.2) is 30.3 Å². The van der Waals surface area contributed by atoms with Crippen LogP contribution in [0, 0.1) is 11.8 Å². The third kappa shape index (κ3) is 12.7. The van der Waals surface area contributed by atoms with Crippen LogP contribution < -0.4 is 0 Å². The molecule has 1 saturated carbocycles. The number of hydrogen-bond donors (Lipinski definition) is 7. The zero-order valence-corrected chi connectivity index (χ0v) is 28.1. The Hall–Kier alpha value is -2.39. The first-order chi connectivity index (χ1) is 22.1. The molecule has 0 saturated heterocycles. The normalized spacial score (nSPS) is 20.2. The minimum atomic E-state index is -1.000. The number of hydrogen-bond acceptors (Lipinski definition) is 6. The molecule has 1 aromatic heterocycles. The summed E-state index contributed by atoms with van der Waals surface area (Å²) in [5, 5.41) is 61.9. The number of carbonyl (C=O) groups is 1. The largest absolute Gasteiger partial charge is 0.508 e. The topological polar surface area (TPSA) is 154 Å². The lowest BCUT2D eigenvalue weighted by Gasteiger charge is -2.32. The van der Waals surface area contributed by atoms with E-state index in [0.717, 1.165) is 80.3 Å². The monoisotopic (exact) mass is 643 g/mol. The van der Waals surface area contributed by atoms with Gasteiger partial charge in [0.2, 0.25) is 0 Å². The molecule has 1 aromatic carbocycles. The Kier molecular flexibility index (Phi) is 16.6. The molecule has 0 radical (unpaired) electrons. The van der Waals surface area contributed by atoms with Crippen molar-refractivity contribution in [3.8, 4) is 17.0 Å². The molecular formula is C38H61NO7. The van der Waals surface area contributed by atoms with Gasteiger partial charge in [0.05, 0.1) is 23.7 Å². The summed E-state index contributed by atoms with van der Waals surface area (Å²) in [6, 6.07) is 9.43. The van der Waals surface area contributed by atoms with Crippen molar-refractivity contribution in [2.75, 3.05) is 6.61 Å². The molecular weight excluding hydrogens is 582 g/mol. The standard InChI is InChI=1S/C38H61NO7/c1-2-3-4-5-8-15-32(41)16-9-6-7-10-17-34(37(44)45)36(43)20-22-38(46)21-11-14-30(38)27-31-18-19-35(39-31)29-24-28(13-12-23-40)25-33(42)26-29/h18-19,24-26,30,32,34,36,39-43,46H,2-17,20-23,27H2,1H3,(H,44,45). The molecule has 1 fully saturated rings. The van der Waals surface area contributed by atoms with Gasteiger partial charge in [0.1, 0.15) is 5.75 Å². The molecule has 0 spiro atoms. The number of aromatic amines is 1. The first kappa shape index (κ1) is 38.1. The molecule has 0 amide bonds. The second-order valence-electron chi connectivity index (χ2n) is 13.9. The van der Waals surface area contributed by atoms with Crippen LogP contribution in [0.2, 0.25) is 0 Å². The van der Waals surface area contributed by atoms with Gasteiger partial charge in [0.25, 0.3) is 0 Å². The van der Waals surface area contributed by atoms with Crippen molar-refractivity contribution in [2.45, 2.75) is 153 Å². The number of aromatic hydroxyl groups is 1. The molecule has 0 aliphatic heterocycles. The van der Waals surface area contributed by atoms with Crippen LogP contribution >= 0.6 is 0 Å². The molecule has 3 rings (SSSR count). The molecule has 0 bridgehead atoms. The van der Waals surface area contributed by atoms with Crippen molar-refractivity contribution in [1.29, 1.82) is 0 Å². The van der Waals surface area contributed by atoms with Crippen molar-refractivity contribution >= 4 is 5.97 Å². The summed E-state index contributed by atoms with van der Waals surface area (Å²) in [6.07, 6.45) is 15.3. The van der Waals surface area contributed by atoms with Gasteiger partial charge in [0.15, 0.2) is 0 Å². The average Bonchev–Trinajstić information content (AvgIpc) is 3.64. The van der Waals surface area contributed by atoms with Gasteiger partial charge in [-0.2, -0.15) is 0 Å². The summed E-state index contributed by atoms with van der Waals surface area (Å²) in [6.45, 7) is 2.30. The van der Waals surface area contributed by atoms with E-state index in [1.54, 1.807) is 12.1 Å². The third-order valence-corrected chi connectivity index (χ3v) is 10.1. The number of H-pyrrole nitrogens is 1. The van der Waals surface area contributed by atoms with Crippen LogP contribution in [0.3, 0.4) is 0 Å². The number of aliphatic hydroxyl groups is 4. The highest BCUT2D eigenvalue weighted by molar-refractivity contribution is 5.70. The zero-order valence-electron chi connectivity index (χ0n) is 28.1. The van der Waals surface area contributed by atoms with Crippen molar-refractivity contribution < 1.29 is 35.4 Å². The van der Waals surface area contributed by atoms with Gasteiger partial charge in [-0.1, -0.05) is 71.1 Å². The fraction of sp³-hybridized carbons (Fsp3) is 0.711. The second-order valence-corrected chi connectivity index (χ2v) is 13.9. The first-order valence-electron chi connectivity index (χ1n) is 18.1. The van der Waals surface area contributed by atoms with Gasteiger partial charge in [-0.3, -0.25) is 4.79 Å². The van der Waals surface area contributed by atoms with Crippen LogP contribution in [0.5, 0.6) is 5.75 Å². The van der Waals surface area contributed by atoms with Crippen molar-refractivity contribution in [1.82, 2.24) is 4.98 Å². The van der Waals surface area contributed by atoms with Gasteiger partial charge in [-0.15, -0.1) is 0 Å². The highest BCUT2D eigenvalue weighted by atomic mass is 16.4. The summed E-state index contributed by atoms with van der Waals surface area (Å²) < 4.78 is 0. The summed E-state index contributed by atoms with van der Waals surface area (Å²) in [7, 11) is 0. The van der Waals surface area contributed by atoms with E-state index in [1.165, 1.54) is 25.7 Å². The third-order valence-electron chi connectivity index (χ3n) is 10.1. The fourth-order valence-corrected chi connectivity index (χ4v) is 7.30. The van der Waals surface area contributed by atoms with E-state index in [4.69, 9.17) is 5.11 Å². The molecule has 46 heavy (non-hydrogen) atoms. The van der Waals surface area contributed by atoms with Crippen LogP contribution in [-0.2, 0) is 17.6 Å². The highest BCUT2D eigenvalue weighted by Gasteiger charge is 2.42. The Labute approximate surface area is 276 Å². The van der Waals surface area contributed by atoms with Crippen molar-refractivity contribution in [2.24, 2.45) is 11.8 Å². The second kappa shape index (κ2) is 20.1. The summed E-state index contributed by atoms with van der Waals surface area (Å²) >= 11 is 0. The molecule has 1 aliphatic carbocycles. The maximum atomic E-state index is 12.0. The summed E-state index contributed by atoms with van der Waals surface area (Å²) in [5.41, 5.74) is 2.75. The van der Waals surface area contributed by atoms with E-state index in [9.17, 15) is 30.3 Å². The molecule has 7 N–H and O–H groups in total. The number of phenols is 1. The lowest BCUT2D eigenvalue weighted by Crippen LogP contribution is -2.37. The molecule has 1 heterocycles. The molecule has 260 valence electrons. The van der Waals surface area contributed by atoms with Crippen molar-refractivity contribution in [3.05, 3.63) is 41.6 Å². The zero-order chi connectivity index (χ0) is 33.4. The number of carboxylic acid groups (broad SMARTS) is 1. The molecule has 5 atom stereocenters. The Bertz CT molecular complexity index is 1150. The molecule has 8 nitrogen and oxygen atoms in total. The number of phenolic OH excluding ortho intramolecular Hbond substituents is 1. The Morgan fingerprint density at radius 3 is 2.30 bits per heavy atom. The van der Waals surface area contributed by atoms with Crippen LogP contribution in [-0.4, -0.2) is 66.0 Å². The number of aromatic nitrogens is 1. The molecule has 2 aromatic rings. The highest BCUT2D eigenvalue weighted by Crippen LogP contribution is 2.42. The number of aliphatic hydroxyl groups excluding tert-OH is 3. The maximum absolute atomic E-state index is 12.0. The van der Waals surface area contributed by atoms with Gasteiger partial charge in [0, 0.05) is 23.6 Å². The first-order valence-corrected chi connectivity index (χ1v) is 18.1. The predicted molar refractivity (Wildman–Crippen MR) is 183 cm³/mol. The quantitative estimate of drug-likeness (QED) is 0.0593. The van der Waals surface area contributed by atoms with Gasteiger partial charge in [-0.05, 0) is 106 Å². The van der Waals surface area contributed by atoms with Crippen LogP contribution in [0.1, 0.15) is 134 Å². The van der Waals surface area contributed by atoms with Gasteiger partial charge >= 0.3 is 5.97 Å². The molecule has 8 heteroatoms. The number of aryl methyl sites for hydroxylation is 1. The number of benzene rings is 1. The van der Waals surface area contributed by atoms with Gasteiger partial charge in [-0.25, -0.2) is 0 Å². The SMILES string of the molecule is CCCCCCCC(O)CCCCCCC(C(=O)O)C(O)CCC1(O)CCCC1Cc1ccc(-c2cc(O)cc(CCCO)c2)[nH]1. The van der Waals surface area contributed by atoms with E-state index in [-0.39, 0.29) is 30.8 Å². The summed E-state index contributed by atoms with van der Waals surface area (Å²) in [4.78, 5) is 15.5. The number of unbranched alkanes of at least 4 members (excludes halogenated alkanes) is 7. The summed E-state index contributed by atoms with van der Waals surface area (Å²) in [5.74, 6) is -1.63. The van der Waals surface area contributed by atoms with Gasteiger partial charge < -0.3 is 35.6 Å². The van der Waals surface area contributed by atoms with Crippen molar-refractivity contribution in [3.63, 3.8) is 0 Å². The van der Waals surface area contributed by atoms with Crippen LogP contribution in [0.4, 0.5) is 0 Å². The van der Waals surface area contributed by atoms with Crippen LogP contribution in [0.25, 0.3) is 11.3 Å². The number of nitrogens with one attached hydrogen (secondary N) is 1. The average molecular weight is 644 g/mol. The van der Waals surface area contributed by atoms with E-state index >= 15 is 0 Å². The minimum Gasteiger partial charge on any atom is -0.508 e. The molecule has 5 unspecified atom stereocenters. The lowest BCUT2D eigenvalue weighted by atomic mass is 9.81. The minimum absolute atomic E-state index is 0.00506. The Morgan fingerprint density at radius 1 is 0.935 bits per heavy atom. The van der Waals surface area contributed by atoms with E-state index in [1.807, 2.05) is 18.2 Å². The smallest absolute Gasteiger partial charge is 0.309 e. The number of rotatable bonds is 24. The predicted octanol–water partition coefficient (Wildman–Crippen LogP) is 7.29. The fourth-order valence-electron chi connectivity index (χ4n) is 7.30. The number of carboxylic acids is 1. The van der Waals surface area contributed by atoms with E-state index in [0.29, 0.717) is 38.5 Å². The Balaban J connectivity index is 1.43.